The van der Waals surface area contributed by atoms with Gasteiger partial charge in [-0.25, -0.2) is 0 Å². The summed E-state index contributed by atoms with van der Waals surface area (Å²) in [4.78, 5) is 24.8. The smallest absolute Gasteiger partial charge is 0.258 e. The van der Waals surface area contributed by atoms with E-state index in [9.17, 15) is 9.59 Å². The van der Waals surface area contributed by atoms with Crippen molar-refractivity contribution in [3.8, 4) is 22.6 Å². The highest BCUT2D eigenvalue weighted by atomic mass is 16.5. The second-order valence-electron chi connectivity index (χ2n) is 7.09. The maximum atomic E-state index is 12.9. The number of nitrogens with one attached hydrogen (secondary N) is 1. The van der Waals surface area contributed by atoms with Crippen LogP contribution in [0.5, 0.6) is 11.5 Å². The van der Waals surface area contributed by atoms with Crippen LogP contribution in [-0.2, 0) is 9.53 Å². The van der Waals surface area contributed by atoms with Gasteiger partial charge in [0.1, 0.15) is 23.3 Å². The van der Waals surface area contributed by atoms with Crippen molar-refractivity contribution in [1.29, 1.82) is 0 Å². The Balaban J connectivity index is 1.43. The minimum atomic E-state index is -0.220. The molecule has 1 fully saturated rings. The van der Waals surface area contributed by atoms with E-state index in [1.54, 1.807) is 37.4 Å². The van der Waals surface area contributed by atoms with Gasteiger partial charge in [-0.05, 0) is 42.7 Å². The molecule has 30 heavy (non-hydrogen) atoms. The van der Waals surface area contributed by atoms with Crippen LogP contribution in [0.4, 0.5) is 0 Å². The number of benzene rings is 2. The number of hydrogen-bond donors (Lipinski definition) is 1. The highest BCUT2D eigenvalue weighted by molar-refractivity contribution is 5.83. The van der Waals surface area contributed by atoms with Crippen LogP contribution in [0.25, 0.3) is 22.1 Å². The number of amides is 1. The molecule has 0 aliphatic carbocycles. The fraction of sp³-hybridized carbons (Fsp3) is 0.304. The lowest BCUT2D eigenvalue weighted by Gasteiger charge is -2.11. The predicted octanol–water partition coefficient (Wildman–Crippen LogP) is 3.14. The van der Waals surface area contributed by atoms with E-state index in [1.807, 2.05) is 12.1 Å². The molecule has 1 N–H and O–H groups in total. The lowest BCUT2D eigenvalue weighted by atomic mass is 10.1. The highest BCUT2D eigenvalue weighted by Crippen LogP contribution is 2.24. The lowest BCUT2D eigenvalue weighted by molar-refractivity contribution is -0.123. The van der Waals surface area contributed by atoms with Crippen LogP contribution in [-0.4, -0.2) is 38.9 Å². The molecular formula is C23H23NO6. The number of ether oxygens (including phenoxy) is 3. The van der Waals surface area contributed by atoms with Gasteiger partial charge in [-0.3, -0.25) is 9.59 Å². The first kappa shape index (κ1) is 20.0. The summed E-state index contributed by atoms with van der Waals surface area (Å²) in [6, 6.07) is 12.1. The molecule has 1 atom stereocenters. The van der Waals surface area contributed by atoms with Gasteiger partial charge in [0.2, 0.25) is 0 Å². The van der Waals surface area contributed by atoms with Crippen LogP contribution >= 0.6 is 0 Å². The summed E-state index contributed by atoms with van der Waals surface area (Å²) < 4.78 is 21.8. The van der Waals surface area contributed by atoms with Crippen molar-refractivity contribution in [2.75, 3.05) is 26.9 Å². The second kappa shape index (κ2) is 9.00. The molecule has 2 aromatic carbocycles. The van der Waals surface area contributed by atoms with E-state index in [4.69, 9.17) is 18.6 Å². The van der Waals surface area contributed by atoms with E-state index in [1.165, 1.54) is 6.26 Å². The minimum absolute atomic E-state index is 0.0868. The number of carbonyl (C=O) groups excluding carboxylic acids is 1. The zero-order chi connectivity index (χ0) is 20.9. The Labute approximate surface area is 173 Å². The number of hydrogen-bond acceptors (Lipinski definition) is 6. The van der Waals surface area contributed by atoms with E-state index >= 15 is 0 Å². The van der Waals surface area contributed by atoms with Gasteiger partial charge in [-0.2, -0.15) is 0 Å². The number of carbonyl (C=O) groups is 1. The van der Waals surface area contributed by atoms with Gasteiger partial charge in [-0.15, -0.1) is 0 Å². The summed E-state index contributed by atoms with van der Waals surface area (Å²) in [5, 5.41) is 3.25. The van der Waals surface area contributed by atoms with Crippen LogP contribution in [0.3, 0.4) is 0 Å². The van der Waals surface area contributed by atoms with Crippen LogP contribution in [0.2, 0.25) is 0 Å². The first-order valence-electron chi connectivity index (χ1n) is 9.85. The SMILES string of the molecule is COc1ccc(-c2coc3cc(OCC(=O)NCC4CCCO4)ccc3c2=O)cc1. The average molecular weight is 409 g/mol. The first-order valence-corrected chi connectivity index (χ1v) is 9.85. The van der Waals surface area contributed by atoms with E-state index in [-0.39, 0.29) is 24.0 Å². The molecule has 1 aliphatic rings. The van der Waals surface area contributed by atoms with Gasteiger partial charge in [-0.1, -0.05) is 12.1 Å². The Bertz CT molecular complexity index is 1080. The molecule has 1 aliphatic heterocycles. The zero-order valence-electron chi connectivity index (χ0n) is 16.7. The molecule has 156 valence electrons. The molecule has 0 bridgehead atoms. The first-order chi connectivity index (χ1) is 14.6. The van der Waals surface area contributed by atoms with E-state index in [2.05, 4.69) is 5.32 Å². The fourth-order valence-electron chi connectivity index (χ4n) is 3.40. The molecule has 1 unspecified atom stereocenters. The normalized spacial score (nSPS) is 15.8. The third kappa shape index (κ3) is 4.46. The monoisotopic (exact) mass is 409 g/mol. The summed E-state index contributed by atoms with van der Waals surface area (Å²) in [6.07, 6.45) is 3.51. The Morgan fingerprint density at radius 1 is 1.17 bits per heavy atom. The lowest BCUT2D eigenvalue weighted by Crippen LogP contribution is -2.35. The fourth-order valence-corrected chi connectivity index (χ4v) is 3.40. The number of rotatable bonds is 7. The van der Waals surface area contributed by atoms with Crippen molar-refractivity contribution in [2.45, 2.75) is 18.9 Å². The Morgan fingerprint density at radius 3 is 2.70 bits per heavy atom. The van der Waals surface area contributed by atoms with Gasteiger partial charge in [0, 0.05) is 19.2 Å². The quantitative estimate of drug-likeness (QED) is 0.645. The third-order valence-corrected chi connectivity index (χ3v) is 5.07. The molecule has 2 heterocycles. The molecule has 0 radical (unpaired) electrons. The molecule has 1 saturated heterocycles. The molecule has 0 spiro atoms. The van der Waals surface area contributed by atoms with Gasteiger partial charge < -0.3 is 23.9 Å². The zero-order valence-corrected chi connectivity index (χ0v) is 16.7. The largest absolute Gasteiger partial charge is 0.497 e. The molecule has 1 amide bonds. The second-order valence-corrected chi connectivity index (χ2v) is 7.09. The molecule has 4 rings (SSSR count). The Morgan fingerprint density at radius 2 is 1.97 bits per heavy atom. The standard InChI is InChI=1S/C23H23NO6/c1-27-16-6-4-15(5-7-16)20-13-30-21-11-17(8-9-19(21)23(20)26)29-14-22(25)24-12-18-3-2-10-28-18/h4-9,11,13,18H,2-3,10,12,14H2,1H3,(H,24,25). The predicted molar refractivity (Wildman–Crippen MR) is 112 cm³/mol. The van der Waals surface area contributed by atoms with Crippen LogP contribution < -0.4 is 20.2 Å². The van der Waals surface area contributed by atoms with E-state index in [0.717, 1.165) is 25.0 Å². The van der Waals surface area contributed by atoms with Crippen LogP contribution in [0.15, 0.2) is 57.9 Å². The van der Waals surface area contributed by atoms with Crippen molar-refractivity contribution >= 4 is 16.9 Å². The van der Waals surface area contributed by atoms with Gasteiger partial charge in [0.25, 0.3) is 5.91 Å². The number of methoxy groups -OCH3 is 1. The van der Waals surface area contributed by atoms with Gasteiger partial charge in [0.15, 0.2) is 12.0 Å². The summed E-state index contributed by atoms with van der Waals surface area (Å²) >= 11 is 0. The molecule has 0 saturated carbocycles. The van der Waals surface area contributed by atoms with Crippen LogP contribution in [0, 0.1) is 0 Å². The molecule has 7 nitrogen and oxygen atoms in total. The van der Waals surface area contributed by atoms with Crippen molar-refractivity contribution in [2.24, 2.45) is 0 Å². The van der Waals surface area contributed by atoms with Crippen molar-refractivity contribution < 1.29 is 23.4 Å². The van der Waals surface area contributed by atoms with E-state index < -0.39 is 0 Å². The van der Waals surface area contributed by atoms with Crippen LogP contribution in [0.1, 0.15) is 12.8 Å². The molecule has 7 heteroatoms. The Kier molecular flexibility index (Phi) is 5.99. The summed E-state index contributed by atoms with van der Waals surface area (Å²) in [6.45, 7) is 1.12. The number of fused-ring (bicyclic) bond motifs is 1. The summed E-state index contributed by atoms with van der Waals surface area (Å²) in [7, 11) is 1.59. The van der Waals surface area contributed by atoms with E-state index in [0.29, 0.717) is 34.6 Å². The van der Waals surface area contributed by atoms with Gasteiger partial charge in [0.05, 0.1) is 24.2 Å². The van der Waals surface area contributed by atoms with Crippen molar-refractivity contribution in [1.82, 2.24) is 5.32 Å². The average Bonchev–Trinajstić information content (AvgIpc) is 3.30. The summed E-state index contributed by atoms with van der Waals surface area (Å²) in [5.74, 6) is 0.947. The maximum Gasteiger partial charge on any atom is 0.258 e. The highest BCUT2D eigenvalue weighted by Gasteiger charge is 2.16. The van der Waals surface area contributed by atoms with Crippen molar-refractivity contribution in [3.63, 3.8) is 0 Å². The molecule has 3 aromatic rings. The molecule has 1 aromatic heterocycles. The van der Waals surface area contributed by atoms with Crippen molar-refractivity contribution in [3.05, 3.63) is 59.0 Å². The summed E-state index contributed by atoms with van der Waals surface area (Å²) in [5.41, 5.74) is 1.47. The van der Waals surface area contributed by atoms with Gasteiger partial charge >= 0.3 is 0 Å². The Hall–Kier alpha value is -3.32. The maximum absolute atomic E-state index is 12.9. The topological polar surface area (TPSA) is 87.0 Å². The minimum Gasteiger partial charge on any atom is -0.497 e. The molecular weight excluding hydrogens is 386 g/mol. The third-order valence-electron chi connectivity index (χ3n) is 5.07.